The third-order valence-corrected chi connectivity index (χ3v) is 7.90. The van der Waals surface area contributed by atoms with E-state index in [1.165, 1.54) is 12.8 Å². The molecule has 2 aromatic heterocycles. The van der Waals surface area contributed by atoms with Gasteiger partial charge in [-0.25, -0.2) is 4.98 Å². The maximum atomic E-state index is 12.9. The minimum absolute atomic E-state index is 0.176. The largest absolute Gasteiger partial charge is 0.382 e. The Balaban J connectivity index is 1.10. The number of benzene rings is 2. The number of aromatic nitrogens is 4. The molecule has 9 nitrogen and oxygen atoms in total. The fourth-order valence-electron chi connectivity index (χ4n) is 5.54. The van der Waals surface area contributed by atoms with Crippen LogP contribution in [0.3, 0.4) is 0 Å². The summed E-state index contributed by atoms with van der Waals surface area (Å²) in [4.78, 5) is 19.8. The number of imidazole rings is 1. The van der Waals surface area contributed by atoms with Gasteiger partial charge in [0.15, 0.2) is 5.82 Å². The van der Waals surface area contributed by atoms with Crippen LogP contribution in [0.4, 0.5) is 11.5 Å². The topological polar surface area (TPSA) is 103 Å². The number of H-pyrrole nitrogens is 1. The van der Waals surface area contributed by atoms with Crippen molar-refractivity contribution in [1.29, 1.82) is 0 Å². The fraction of sp³-hybridized carbons (Fsp3) is 0.414. The molecule has 4 heterocycles. The maximum absolute atomic E-state index is 12.9. The summed E-state index contributed by atoms with van der Waals surface area (Å²) in [5.74, 6) is 0.997. The van der Waals surface area contributed by atoms with Crippen molar-refractivity contribution < 1.29 is 4.79 Å². The summed E-state index contributed by atoms with van der Waals surface area (Å²) in [5.41, 5.74) is 5.63. The molecule has 2 aliphatic rings. The monoisotopic (exact) mass is 512 g/mol. The molecule has 2 aromatic carbocycles. The number of carbonyl (C=O) groups is 1. The molecule has 0 unspecified atom stereocenters. The van der Waals surface area contributed by atoms with Crippen LogP contribution in [0.1, 0.15) is 36.0 Å². The van der Waals surface area contributed by atoms with Gasteiger partial charge >= 0.3 is 0 Å². The standard InChI is InChI=1S/C29H36N8O/c1-36-14-10-24(11-15-36)32-23-5-2-21(3-6-23)29(38)33-28-17-26(34-35-28)22-4-7-25-27(16-22)37(19-31-25)18-20-8-12-30-13-9-20/h2-7,16-17,19-20,24,30,32H,8-15,18H2,1H3,(H2,33,34,35,38). The van der Waals surface area contributed by atoms with E-state index in [-0.39, 0.29) is 5.91 Å². The van der Waals surface area contributed by atoms with Crippen LogP contribution in [-0.4, -0.2) is 69.8 Å². The van der Waals surface area contributed by atoms with Crippen LogP contribution in [0, 0.1) is 5.92 Å². The number of fused-ring (bicyclic) bond motifs is 1. The summed E-state index contributed by atoms with van der Waals surface area (Å²) in [5, 5.41) is 17.4. The van der Waals surface area contributed by atoms with E-state index in [1.807, 2.05) is 48.8 Å². The first kappa shape index (κ1) is 24.6. The van der Waals surface area contributed by atoms with E-state index in [0.29, 0.717) is 23.3 Å². The molecule has 0 atom stereocenters. The Morgan fingerprint density at radius 1 is 1.03 bits per heavy atom. The summed E-state index contributed by atoms with van der Waals surface area (Å²) in [6.07, 6.45) is 6.60. The number of piperidine rings is 2. The summed E-state index contributed by atoms with van der Waals surface area (Å²) < 4.78 is 2.26. The lowest BCUT2D eigenvalue weighted by Gasteiger charge is -2.30. The number of aromatic amines is 1. The number of nitrogens with zero attached hydrogens (tertiary/aromatic N) is 4. The summed E-state index contributed by atoms with van der Waals surface area (Å²) in [6.45, 7) is 5.38. The molecule has 0 aliphatic carbocycles. The van der Waals surface area contributed by atoms with Crippen molar-refractivity contribution in [3.05, 3.63) is 60.4 Å². The zero-order valence-electron chi connectivity index (χ0n) is 21.9. The van der Waals surface area contributed by atoms with Crippen LogP contribution in [0.15, 0.2) is 54.9 Å². The molecule has 2 fully saturated rings. The third-order valence-electron chi connectivity index (χ3n) is 7.90. The lowest BCUT2D eigenvalue weighted by atomic mass is 9.98. The quantitative estimate of drug-likeness (QED) is 0.296. The van der Waals surface area contributed by atoms with Crippen molar-refractivity contribution in [2.45, 2.75) is 38.3 Å². The molecular weight excluding hydrogens is 476 g/mol. The highest BCUT2D eigenvalue weighted by Crippen LogP contribution is 2.26. The van der Waals surface area contributed by atoms with Crippen LogP contribution >= 0.6 is 0 Å². The molecule has 198 valence electrons. The Labute approximate surface area is 223 Å². The number of likely N-dealkylation sites (tertiary alicyclic amines) is 1. The molecule has 2 saturated heterocycles. The number of carbonyl (C=O) groups excluding carboxylic acids is 1. The first-order chi connectivity index (χ1) is 18.6. The maximum Gasteiger partial charge on any atom is 0.256 e. The lowest BCUT2D eigenvalue weighted by Crippen LogP contribution is -2.36. The van der Waals surface area contributed by atoms with Crippen molar-refractivity contribution in [2.24, 2.45) is 5.92 Å². The van der Waals surface area contributed by atoms with E-state index in [2.05, 4.69) is 53.7 Å². The first-order valence-electron chi connectivity index (χ1n) is 13.7. The second-order valence-electron chi connectivity index (χ2n) is 10.7. The highest BCUT2D eigenvalue weighted by Gasteiger charge is 2.18. The third kappa shape index (κ3) is 5.58. The Bertz CT molecular complexity index is 1380. The average Bonchev–Trinajstić information content (AvgIpc) is 3.58. The predicted molar refractivity (Wildman–Crippen MR) is 151 cm³/mol. The molecular formula is C29H36N8O. The average molecular weight is 513 g/mol. The van der Waals surface area contributed by atoms with Crippen LogP contribution in [-0.2, 0) is 6.54 Å². The van der Waals surface area contributed by atoms with Gasteiger partial charge in [0.2, 0.25) is 0 Å². The minimum Gasteiger partial charge on any atom is -0.382 e. The predicted octanol–water partition coefficient (Wildman–Crippen LogP) is 4.18. The number of hydrogen-bond acceptors (Lipinski definition) is 6. The van der Waals surface area contributed by atoms with E-state index in [1.54, 1.807) is 0 Å². The smallest absolute Gasteiger partial charge is 0.256 e. The van der Waals surface area contributed by atoms with Crippen LogP contribution in [0.5, 0.6) is 0 Å². The van der Waals surface area contributed by atoms with Gasteiger partial charge < -0.3 is 25.4 Å². The van der Waals surface area contributed by atoms with E-state index in [9.17, 15) is 4.79 Å². The number of anilines is 2. The minimum atomic E-state index is -0.176. The highest BCUT2D eigenvalue weighted by molar-refractivity contribution is 6.04. The fourth-order valence-corrected chi connectivity index (χ4v) is 5.54. The molecule has 2 aliphatic heterocycles. The molecule has 38 heavy (non-hydrogen) atoms. The molecule has 6 rings (SSSR count). The SMILES string of the molecule is CN1CCC(Nc2ccc(C(=O)Nc3cc(-c4ccc5ncn(CC6CCNCC6)c5c4)[nH]n3)cc2)CC1. The van der Waals surface area contributed by atoms with E-state index >= 15 is 0 Å². The molecule has 0 radical (unpaired) electrons. The zero-order chi connectivity index (χ0) is 25.9. The number of amides is 1. The highest BCUT2D eigenvalue weighted by atomic mass is 16.1. The van der Waals surface area contributed by atoms with Crippen molar-refractivity contribution in [3.8, 4) is 11.3 Å². The second kappa shape index (κ2) is 11.0. The van der Waals surface area contributed by atoms with Gasteiger partial charge in [0.25, 0.3) is 5.91 Å². The Hall–Kier alpha value is -3.69. The Morgan fingerprint density at radius 2 is 1.82 bits per heavy atom. The van der Waals surface area contributed by atoms with E-state index < -0.39 is 0 Å². The van der Waals surface area contributed by atoms with Gasteiger partial charge in [-0.1, -0.05) is 6.07 Å². The summed E-state index contributed by atoms with van der Waals surface area (Å²) in [6, 6.07) is 16.3. The molecule has 0 spiro atoms. The number of rotatable bonds is 7. The van der Waals surface area contributed by atoms with Gasteiger partial charge in [-0.3, -0.25) is 9.89 Å². The molecule has 4 aromatic rings. The van der Waals surface area contributed by atoms with Crippen molar-refractivity contribution in [2.75, 3.05) is 43.9 Å². The molecule has 9 heteroatoms. The molecule has 0 bridgehead atoms. The van der Waals surface area contributed by atoms with Crippen molar-refractivity contribution in [3.63, 3.8) is 0 Å². The van der Waals surface area contributed by atoms with Gasteiger partial charge in [0.05, 0.1) is 23.1 Å². The van der Waals surface area contributed by atoms with Crippen molar-refractivity contribution in [1.82, 2.24) is 30.0 Å². The zero-order valence-corrected chi connectivity index (χ0v) is 21.9. The molecule has 4 N–H and O–H groups in total. The lowest BCUT2D eigenvalue weighted by molar-refractivity contribution is 0.102. The second-order valence-corrected chi connectivity index (χ2v) is 10.7. The summed E-state index contributed by atoms with van der Waals surface area (Å²) in [7, 11) is 2.16. The van der Waals surface area contributed by atoms with Crippen LogP contribution < -0.4 is 16.0 Å². The Morgan fingerprint density at radius 3 is 2.61 bits per heavy atom. The normalized spacial score (nSPS) is 17.6. The summed E-state index contributed by atoms with van der Waals surface area (Å²) >= 11 is 0. The van der Waals surface area contributed by atoms with Crippen LogP contribution in [0.2, 0.25) is 0 Å². The Kier molecular flexibility index (Phi) is 7.11. The molecule has 1 amide bonds. The van der Waals surface area contributed by atoms with Gasteiger partial charge in [-0.15, -0.1) is 0 Å². The van der Waals surface area contributed by atoms with E-state index in [4.69, 9.17) is 0 Å². The van der Waals surface area contributed by atoms with Gasteiger partial charge in [-0.2, -0.15) is 5.10 Å². The van der Waals surface area contributed by atoms with Crippen LogP contribution in [0.25, 0.3) is 22.3 Å². The van der Waals surface area contributed by atoms with Crippen molar-refractivity contribution >= 4 is 28.4 Å². The van der Waals surface area contributed by atoms with E-state index in [0.717, 1.165) is 73.5 Å². The van der Waals surface area contributed by atoms with Gasteiger partial charge in [0.1, 0.15) is 0 Å². The number of nitrogens with one attached hydrogen (secondary N) is 4. The van der Waals surface area contributed by atoms with Gasteiger partial charge in [0, 0.05) is 35.5 Å². The number of hydrogen-bond donors (Lipinski definition) is 4. The molecule has 0 saturated carbocycles. The first-order valence-corrected chi connectivity index (χ1v) is 13.7. The van der Waals surface area contributed by atoms with Gasteiger partial charge in [-0.05, 0) is 101 Å².